The van der Waals surface area contributed by atoms with Gasteiger partial charge in [-0.15, -0.1) is 6.58 Å². The van der Waals surface area contributed by atoms with Crippen LogP contribution in [0.1, 0.15) is 16.8 Å². The van der Waals surface area contributed by atoms with E-state index in [0.717, 1.165) is 6.42 Å². The van der Waals surface area contributed by atoms with Gasteiger partial charge in [0.1, 0.15) is 17.2 Å². The average Bonchev–Trinajstić information content (AvgIpc) is 2.56. The number of esters is 1. The zero-order valence-corrected chi connectivity index (χ0v) is 12.5. The Labute approximate surface area is 129 Å². The first-order chi connectivity index (χ1) is 10.7. The molecule has 0 amide bonds. The van der Waals surface area contributed by atoms with Crippen LogP contribution < -0.4 is 14.2 Å². The Hall–Kier alpha value is -2.75. The Morgan fingerprint density at radius 3 is 2.18 bits per heavy atom. The van der Waals surface area contributed by atoms with E-state index in [9.17, 15) is 4.79 Å². The summed E-state index contributed by atoms with van der Waals surface area (Å²) < 4.78 is 15.8. The highest BCUT2D eigenvalue weighted by Gasteiger charge is 2.08. The molecule has 0 saturated heterocycles. The van der Waals surface area contributed by atoms with Gasteiger partial charge in [-0.2, -0.15) is 0 Å². The average molecular weight is 298 g/mol. The zero-order valence-electron chi connectivity index (χ0n) is 12.5. The quantitative estimate of drug-likeness (QED) is 0.337. The molecule has 2 aromatic rings. The molecule has 4 nitrogen and oxygen atoms in total. The molecule has 2 aromatic carbocycles. The van der Waals surface area contributed by atoms with Crippen LogP contribution in [0.25, 0.3) is 0 Å². The molecule has 114 valence electrons. The lowest BCUT2D eigenvalue weighted by molar-refractivity contribution is 0.0734. The van der Waals surface area contributed by atoms with Crippen LogP contribution in [-0.2, 0) is 0 Å². The van der Waals surface area contributed by atoms with Crippen molar-refractivity contribution in [3.8, 4) is 17.2 Å². The number of ether oxygens (including phenoxy) is 3. The summed E-state index contributed by atoms with van der Waals surface area (Å²) in [6, 6.07) is 13.7. The first kappa shape index (κ1) is 15.6. The van der Waals surface area contributed by atoms with Crippen molar-refractivity contribution in [1.29, 1.82) is 0 Å². The zero-order chi connectivity index (χ0) is 15.8. The standard InChI is InChI=1S/C18H18O4/c1-3-4-13-21-16-7-5-14(6-8-16)18(19)22-17-11-9-15(20-2)10-12-17/h3,5-12H,1,4,13H2,2H3. The maximum atomic E-state index is 12.0. The van der Waals surface area contributed by atoms with Gasteiger partial charge >= 0.3 is 5.97 Å². The molecule has 0 unspecified atom stereocenters. The predicted molar refractivity (Wildman–Crippen MR) is 84.7 cm³/mol. The van der Waals surface area contributed by atoms with E-state index in [1.807, 2.05) is 0 Å². The van der Waals surface area contributed by atoms with Gasteiger partial charge in [0.15, 0.2) is 0 Å². The lowest BCUT2D eigenvalue weighted by Gasteiger charge is -2.07. The van der Waals surface area contributed by atoms with Gasteiger partial charge in [0.2, 0.25) is 0 Å². The third-order valence-corrected chi connectivity index (χ3v) is 2.95. The van der Waals surface area contributed by atoms with Crippen LogP contribution in [0.5, 0.6) is 17.2 Å². The summed E-state index contributed by atoms with van der Waals surface area (Å²) in [5.41, 5.74) is 0.465. The summed E-state index contributed by atoms with van der Waals surface area (Å²) in [6.45, 7) is 4.20. The van der Waals surface area contributed by atoms with Gasteiger partial charge in [-0.1, -0.05) is 6.08 Å². The van der Waals surface area contributed by atoms with Crippen molar-refractivity contribution in [2.24, 2.45) is 0 Å². The monoisotopic (exact) mass is 298 g/mol. The lowest BCUT2D eigenvalue weighted by Crippen LogP contribution is -2.08. The van der Waals surface area contributed by atoms with Crippen molar-refractivity contribution in [2.75, 3.05) is 13.7 Å². The summed E-state index contributed by atoms with van der Waals surface area (Å²) in [6.07, 6.45) is 2.57. The van der Waals surface area contributed by atoms with Crippen LogP contribution in [0, 0.1) is 0 Å². The third-order valence-electron chi connectivity index (χ3n) is 2.95. The topological polar surface area (TPSA) is 44.8 Å². The van der Waals surface area contributed by atoms with Gasteiger partial charge in [0.25, 0.3) is 0 Å². The molecule has 0 radical (unpaired) electrons. The normalized spacial score (nSPS) is 9.86. The fourth-order valence-electron chi connectivity index (χ4n) is 1.76. The Balaban J connectivity index is 1.95. The first-order valence-corrected chi connectivity index (χ1v) is 6.93. The highest BCUT2D eigenvalue weighted by atomic mass is 16.5. The molecule has 0 heterocycles. The second-order valence-corrected chi connectivity index (χ2v) is 4.52. The smallest absolute Gasteiger partial charge is 0.343 e. The highest BCUT2D eigenvalue weighted by molar-refractivity contribution is 5.91. The minimum atomic E-state index is -0.414. The van der Waals surface area contributed by atoms with Gasteiger partial charge in [-0.05, 0) is 55.0 Å². The van der Waals surface area contributed by atoms with Gasteiger partial charge in [0.05, 0.1) is 19.3 Å². The van der Waals surface area contributed by atoms with Crippen molar-refractivity contribution < 1.29 is 19.0 Å². The molecule has 0 N–H and O–H groups in total. The van der Waals surface area contributed by atoms with Crippen molar-refractivity contribution in [3.63, 3.8) is 0 Å². The number of benzene rings is 2. The lowest BCUT2D eigenvalue weighted by atomic mass is 10.2. The van der Waals surface area contributed by atoms with Gasteiger partial charge < -0.3 is 14.2 Å². The number of hydrogen-bond donors (Lipinski definition) is 0. The highest BCUT2D eigenvalue weighted by Crippen LogP contribution is 2.19. The van der Waals surface area contributed by atoms with E-state index in [1.165, 1.54) is 0 Å². The largest absolute Gasteiger partial charge is 0.497 e. The van der Waals surface area contributed by atoms with Gasteiger partial charge in [-0.25, -0.2) is 4.79 Å². The van der Waals surface area contributed by atoms with Gasteiger partial charge in [-0.3, -0.25) is 0 Å². The van der Waals surface area contributed by atoms with Crippen LogP contribution in [0.3, 0.4) is 0 Å². The van der Waals surface area contributed by atoms with Crippen LogP contribution >= 0.6 is 0 Å². The van der Waals surface area contributed by atoms with Crippen LogP contribution in [-0.4, -0.2) is 19.7 Å². The second kappa shape index (κ2) is 7.88. The summed E-state index contributed by atoms with van der Waals surface area (Å²) in [5.74, 6) is 1.48. The molecule has 22 heavy (non-hydrogen) atoms. The molecule has 0 saturated carbocycles. The molecule has 0 fully saturated rings. The minimum absolute atomic E-state index is 0.414. The van der Waals surface area contributed by atoms with Crippen LogP contribution in [0.2, 0.25) is 0 Å². The summed E-state index contributed by atoms with van der Waals surface area (Å²) >= 11 is 0. The van der Waals surface area contributed by atoms with E-state index in [1.54, 1.807) is 61.7 Å². The first-order valence-electron chi connectivity index (χ1n) is 6.93. The number of carbonyl (C=O) groups excluding carboxylic acids is 1. The Kier molecular flexibility index (Phi) is 5.60. The SMILES string of the molecule is C=CCCOc1ccc(C(=O)Oc2ccc(OC)cc2)cc1. The van der Waals surface area contributed by atoms with E-state index in [2.05, 4.69) is 6.58 Å². The molecular weight excluding hydrogens is 280 g/mol. The minimum Gasteiger partial charge on any atom is -0.497 e. The molecule has 0 aromatic heterocycles. The van der Waals surface area contributed by atoms with Crippen LogP contribution in [0.15, 0.2) is 61.2 Å². The summed E-state index contributed by atoms with van der Waals surface area (Å²) in [4.78, 5) is 12.0. The second-order valence-electron chi connectivity index (χ2n) is 4.52. The Bertz CT molecular complexity index is 615. The summed E-state index contributed by atoms with van der Waals surface area (Å²) in [5, 5.41) is 0. The third kappa shape index (κ3) is 4.38. The molecule has 2 rings (SSSR count). The number of hydrogen-bond acceptors (Lipinski definition) is 4. The predicted octanol–water partition coefficient (Wildman–Crippen LogP) is 3.87. The molecular formula is C18H18O4. The maximum Gasteiger partial charge on any atom is 0.343 e. The fraction of sp³-hybridized carbons (Fsp3) is 0.167. The number of carbonyl (C=O) groups is 1. The molecule has 0 bridgehead atoms. The fourth-order valence-corrected chi connectivity index (χ4v) is 1.76. The van der Waals surface area contributed by atoms with E-state index in [0.29, 0.717) is 29.4 Å². The van der Waals surface area contributed by atoms with E-state index < -0.39 is 5.97 Å². The molecule has 0 aliphatic rings. The molecule has 0 aliphatic carbocycles. The summed E-state index contributed by atoms with van der Waals surface area (Å²) in [7, 11) is 1.58. The Morgan fingerprint density at radius 1 is 1.00 bits per heavy atom. The molecule has 4 heteroatoms. The van der Waals surface area contributed by atoms with Crippen LogP contribution in [0.4, 0.5) is 0 Å². The van der Waals surface area contributed by atoms with E-state index >= 15 is 0 Å². The van der Waals surface area contributed by atoms with Gasteiger partial charge in [0, 0.05) is 0 Å². The van der Waals surface area contributed by atoms with E-state index in [4.69, 9.17) is 14.2 Å². The molecule has 0 spiro atoms. The van der Waals surface area contributed by atoms with Crippen molar-refractivity contribution in [2.45, 2.75) is 6.42 Å². The van der Waals surface area contributed by atoms with E-state index in [-0.39, 0.29) is 0 Å². The molecule has 0 aliphatic heterocycles. The maximum absolute atomic E-state index is 12.0. The Morgan fingerprint density at radius 2 is 1.59 bits per heavy atom. The molecule has 0 atom stereocenters. The van der Waals surface area contributed by atoms with Crippen molar-refractivity contribution >= 4 is 5.97 Å². The van der Waals surface area contributed by atoms with Crippen molar-refractivity contribution in [3.05, 3.63) is 66.7 Å². The van der Waals surface area contributed by atoms with Crippen molar-refractivity contribution in [1.82, 2.24) is 0 Å². The number of rotatable bonds is 7. The number of methoxy groups -OCH3 is 1.